The van der Waals surface area contributed by atoms with E-state index in [4.69, 9.17) is 0 Å². The minimum atomic E-state index is -0.374. The number of carbonyl (C=O) groups is 2. The van der Waals surface area contributed by atoms with E-state index >= 15 is 0 Å². The Hall–Kier alpha value is -0.310. The lowest BCUT2D eigenvalue weighted by Crippen LogP contribution is -2.21. The van der Waals surface area contributed by atoms with Gasteiger partial charge in [0.05, 0.1) is 5.92 Å². The van der Waals surface area contributed by atoms with Gasteiger partial charge in [0.1, 0.15) is 11.6 Å². The summed E-state index contributed by atoms with van der Waals surface area (Å²) >= 11 is 1.73. The van der Waals surface area contributed by atoms with Gasteiger partial charge in [-0.05, 0) is 26.0 Å². The molecule has 0 aliphatic heterocycles. The molecule has 0 saturated carbocycles. The molecule has 0 radical (unpaired) electrons. The molecule has 0 amide bonds. The zero-order chi connectivity index (χ0) is 11.7. The number of thioether (sulfide) groups is 1. The highest BCUT2D eigenvalue weighted by molar-refractivity contribution is 7.99. The molecule has 0 aromatic rings. The highest BCUT2D eigenvalue weighted by atomic mass is 32.2. The van der Waals surface area contributed by atoms with E-state index in [2.05, 4.69) is 6.92 Å². The summed E-state index contributed by atoms with van der Waals surface area (Å²) in [6, 6.07) is 0. The molecule has 0 heterocycles. The van der Waals surface area contributed by atoms with Crippen LogP contribution in [0.5, 0.6) is 0 Å². The van der Waals surface area contributed by atoms with Gasteiger partial charge in [0.25, 0.3) is 0 Å². The van der Waals surface area contributed by atoms with Gasteiger partial charge in [0.15, 0.2) is 0 Å². The second kappa shape index (κ2) is 8.96. The fraction of sp³-hybridized carbons (Fsp3) is 0.833. The quantitative estimate of drug-likeness (QED) is 0.451. The van der Waals surface area contributed by atoms with Gasteiger partial charge in [0, 0.05) is 5.75 Å². The van der Waals surface area contributed by atoms with Crippen molar-refractivity contribution in [3.8, 4) is 0 Å². The standard InChI is InChI=1S/C12H22O2S/c1-4-5-6-7-8-15-9-12(10(2)13)11(3)14/h12H,4-9H2,1-3H3. The van der Waals surface area contributed by atoms with Gasteiger partial charge in [-0.25, -0.2) is 0 Å². The third-order valence-electron chi connectivity index (χ3n) is 2.41. The fourth-order valence-electron chi connectivity index (χ4n) is 1.35. The first-order valence-corrected chi connectivity index (χ1v) is 6.83. The van der Waals surface area contributed by atoms with Crippen molar-refractivity contribution in [2.24, 2.45) is 5.92 Å². The second-order valence-electron chi connectivity index (χ2n) is 3.91. The van der Waals surface area contributed by atoms with E-state index in [-0.39, 0.29) is 17.5 Å². The van der Waals surface area contributed by atoms with Crippen LogP contribution in [0.25, 0.3) is 0 Å². The zero-order valence-corrected chi connectivity index (χ0v) is 10.9. The molecule has 0 aliphatic rings. The maximum Gasteiger partial charge on any atom is 0.141 e. The largest absolute Gasteiger partial charge is 0.299 e. The Balaban J connectivity index is 3.55. The molecule has 0 aliphatic carbocycles. The number of hydrogen-bond acceptors (Lipinski definition) is 3. The summed E-state index contributed by atoms with van der Waals surface area (Å²) < 4.78 is 0. The van der Waals surface area contributed by atoms with E-state index in [1.54, 1.807) is 11.8 Å². The van der Waals surface area contributed by atoms with Crippen molar-refractivity contribution >= 4 is 23.3 Å². The number of ketones is 2. The third kappa shape index (κ3) is 7.60. The lowest BCUT2D eigenvalue weighted by Gasteiger charge is -2.09. The molecule has 0 aromatic carbocycles. The summed E-state index contributed by atoms with van der Waals surface area (Å²) in [5, 5.41) is 0. The highest BCUT2D eigenvalue weighted by Gasteiger charge is 2.18. The number of carbonyl (C=O) groups excluding carboxylic acids is 2. The first-order chi connectivity index (χ1) is 7.09. The van der Waals surface area contributed by atoms with Crippen molar-refractivity contribution in [3.63, 3.8) is 0 Å². The average molecular weight is 230 g/mol. The van der Waals surface area contributed by atoms with Gasteiger partial charge < -0.3 is 0 Å². The first-order valence-electron chi connectivity index (χ1n) is 5.68. The number of unbranched alkanes of at least 4 members (excludes halogenated alkanes) is 3. The molecule has 15 heavy (non-hydrogen) atoms. The zero-order valence-electron chi connectivity index (χ0n) is 10.0. The Kier molecular flexibility index (Phi) is 8.77. The number of rotatable bonds is 9. The first kappa shape index (κ1) is 14.7. The summed E-state index contributed by atoms with van der Waals surface area (Å²) in [6.07, 6.45) is 4.98. The van der Waals surface area contributed by atoms with Crippen LogP contribution in [0.4, 0.5) is 0 Å². The summed E-state index contributed by atoms with van der Waals surface area (Å²) in [7, 11) is 0. The molecule has 0 N–H and O–H groups in total. The molecule has 2 nitrogen and oxygen atoms in total. The van der Waals surface area contributed by atoms with Gasteiger partial charge in [-0.15, -0.1) is 0 Å². The van der Waals surface area contributed by atoms with Crippen LogP contribution in [-0.2, 0) is 9.59 Å². The predicted octanol–water partition coefficient (Wildman–Crippen LogP) is 3.09. The molecule has 0 aromatic heterocycles. The van der Waals surface area contributed by atoms with E-state index in [1.807, 2.05) is 0 Å². The van der Waals surface area contributed by atoms with Crippen LogP contribution in [-0.4, -0.2) is 23.1 Å². The van der Waals surface area contributed by atoms with Crippen LogP contribution >= 0.6 is 11.8 Å². The molecule has 0 spiro atoms. The molecule has 0 bridgehead atoms. The highest BCUT2D eigenvalue weighted by Crippen LogP contribution is 2.13. The van der Waals surface area contributed by atoms with Crippen LogP contribution in [0.1, 0.15) is 46.5 Å². The maximum absolute atomic E-state index is 11.1. The second-order valence-corrected chi connectivity index (χ2v) is 5.06. The lowest BCUT2D eigenvalue weighted by molar-refractivity contribution is -0.129. The molecular weight excluding hydrogens is 208 g/mol. The predicted molar refractivity (Wildman–Crippen MR) is 66.3 cm³/mol. The fourth-order valence-corrected chi connectivity index (χ4v) is 2.63. The summed E-state index contributed by atoms with van der Waals surface area (Å²) in [5.41, 5.74) is 0. The average Bonchev–Trinajstić information content (AvgIpc) is 2.15. The van der Waals surface area contributed by atoms with Crippen molar-refractivity contribution in [1.29, 1.82) is 0 Å². The maximum atomic E-state index is 11.1. The minimum absolute atomic E-state index is 0.00329. The summed E-state index contributed by atoms with van der Waals surface area (Å²) in [5.74, 6) is 1.36. The Morgan fingerprint density at radius 2 is 1.67 bits per heavy atom. The van der Waals surface area contributed by atoms with Gasteiger partial charge in [-0.1, -0.05) is 26.2 Å². The number of hydrogen-bond donors (Lipinski definition) is 0. The van der Waals surface area contributed by atoms with Crippen LogP contribution in [0.15, 0.2) is 0 Å². The van der Waals surface area contributed by atoms with E-state index < -0.39 is 0 Å². The lowest BCUT2D eigenvalue weighted by atomic mass is 10.0. The monoisotopic (exact) mass is 230 g/mol. The molecule has 0 fully saturated rings. The van der Waals surface area contributed by atoms with Crippen LogP contribution in [0.2, 0.25) is 0 Å². The SMILES string of the molecule is CCCCCCSCC(C(C)=O)C(C)=O. The van der Waals surface area contributed by atoms with E-state index in [0.717, 1.165) is 5.75 Å². The number of Topliss-reactive ketones (excluding diaryl/α,β-unsaturated/α-hetero) is 2. The molecule has 0 rings (SSSR count). The van der Waals surface area contributed by atoms with E-state index in [1.165, 1.54) is 39.5 Å². The Bertz CT molecular complexity index is 188. The molecule has 3 heteroatoms. The molecule has 88 valence electrons. The molecule has 0 atom stereocenters. The van der Waals surface area contributed by atoms with Crippen LogP contribution in [0.3, 0.4) is 0 Å². The molecular formula is C12H22O2S. The van der Waals surface area contributed by atoms with Gasteiger partial charge in [-0.3, -0.25) is 9.59 Å². The van der Waals surface area contributed by atoms with Gasteiger partial charge in [0.2, 0.25) is 0 Å². The Labute approximate surface area is 97.2 Å². The van der Waals surface area contributed by atoms with Crippen molar-refractivity contribution in [3.05, 3.63) is 0 Å². The van der Waals surface area contributed by atoms with Crippen molar-refractivity contribution in [2.45, 2.75) is 46.5 Å². The van der Waals surface area contributed by atoms with Crippen molar-refractivity contribution < 1.29 is 9.59 Å². The Morgan fingerprint density at radius 3 is 2.13 bits per heavy atom. The van der Waals surface area contributed by atoms with E-state index in [9.17, 15) is 9.59 Å². The molecule has 0 unspecified atom stereocenters. The minimum Gasteiger partial charge on any atom is -0.299 e. The molecule has 0 saturated heterocycles. The topological polar surface area (TPSA) is 34.1 Å². The van der Waals surface area contributed by atoms with Gasteiger partial charge >= 0.3 is 0 Å². The van der Waals surface area contributed by atoms with Crippen LogP contribution in [0, 0.1) is 5.92 Å². The van der Waals surface area contributed by atoms with E-state index in [0.29, 0.717) is 5.75 Å². The van der Waals surface area contributed by atoms with Gasteiger partial charge in [-0.2, -0.15) is 11.8 Å². The summed E-state index contributed by atoms with van der Waals surface area (Å²) in [4.78, 5) is 22.2. The smallest absolute Gasteiger partial charge is 0.141 e. The van der Waals surface area contributed by atoms with Crippen molar-refractivity contribution in [1.82, 2.24) is 0 Å². The Morgan fingerprint density at radius 1 is 1.07 bits per heavy atom. The van der Waals surface area contributed by atoms with Crippen molar-refractivity contribution in [2.75, 3.05) is 11.5 Å². The summed E-state index contributed by atoms with van der Waals surface area (Å²) in [6.45, 7) is 5.20. The normalized spacial score (nSPS) is 10.7. The van der Waals surface area contributed by atoms with Crippen LogP contribution < -0.4 is 0 Å². The third-order valence-corrected chi connectivity index (χ3v) is 3.55.